The number of rotatable bonds is 12. The number of amides is 2. The molecule has 40 heavy (non-hydrogen) atoms. The van der Waals surface area contributed by atoms with Gasteiger partial charge in [0.05, 0.1) is 15.5 Å². The summed E-state index contributed by atoms with van der Waals surface area (Å²) in [6.45, 7) is 4.62. The number of anilines is 1. The van der Waals surface area contributed by atoms with Crippen LogP contribution in [0, 0.1) is 10.1 Å². The molecule has 0 radical (unpaired) electrons. The number of carbonyl (C=O) groups is 2. The van der Waals surface area contributed by atoms with Crippen LogP contribution < -0.4 is 9.62 Å². The van der Waals surface area contributed by atoms with Crippen molar-refractivity contribution in [1.82, 2.24) is 10.2 Å². The van der Waals surface area contributed by atoms with Crippen molar-refractivity contribution in [3.8, 4) is 0 Å². The highest BCUT2D eigenvalue weighted by Gasteiger charge is 2.33. The van der Waals surface area contributed by atoms with Gasteiger partial charge in [-0.3, -0.25) is 24.0 Å². The minimum Gasteiger partial charge on any atom is -0.352 e. The maximum atomic E-state index is 13.9. The number of halogens is 1. The van der Waals surface area contributed by atoms with Gasteiger partial charge in [-0.15, -0.1) is 0 Å². The highest BCUT2D eigenvalue weighted by molar-refractivity contribution is 7.92. The lowest BCUT2D eigenvalue weighted by Gasteiger charge is -2.32. The number of hydrogen-bond acceptors (Lipinski definition) is 6. The number of nitrogens with one attached hydrogen (secondary N) is 1. The fourth-order valence-electron chi connectivity index (χ4n) is 3.84. The Morgan fingerprint density at radius 3 is 2.25 bits per heavy atom. The lowest BCUT2D eigenvalue weighted by molar-refractivity contribution is -0.384. The third-order valence-corrected chi connectivity index (χ3v) is 8.41. The molecule has 0 fully saturated rings. The van der Waals surface area contributed by atoms with Gasteiger partial charge < -0.3 is 10.2 Å². The van der Waals surface area contributed by atoms with Gasteiger partial charge in [0, 0.05) is 29.7 Å². The zero-order valence-corrected chi connectivity index (χ0v) is 23.9. The van der Waals surface area contributed by atoms with Gasteiger partial charge in [0.1, 0.15) is 12.6 Å². The fraction of sp³-hybridized carbons (Fsp3) is 0.286. The number of nitrogens with zero attached hydrogens (tertiary/aromatic N) is 3. The molecule has 0 aromatic heterocycles. The first-order chi connectivity index (χ1) is 18.9. The Morgan fingerprint density at radius 2 is 1.65 bits per heavy atom. The van der Waals surface area contributed by atoms with Gasteiger partial charge >= 0.3 is 0 Å². The van der Waals surface area contributed by atoms with Crippen molar-refractivity contribution < 1.29 is 22.9 Å². The Morgan fingerprint density at radius 1 is 1.00 bits per heavy atom. The minimum atomic E-state index is -4.33. The maximum Gasteiger partial charge on any atom is 0.271 e. The molecule has 3 aromatic carbocycles. The summed E-state index contributed by atoms with van der Waals surface area (Å²) in [5, 5.41) is 14.8. The number of carbonyl (C=O) groups excluding carboxylic acids is 2. The molecule has 0 heterocycles. The summed E-state index contributed by atoms with van der Waals surface area (Å²) in [4.78, 5) is 38.9. The van der Waals surface area contributed by atoms with Crippen LogP contribution in [-0.4, -0.2) is 48.7 Å². The lowest BCUT2D eigenvalue weighted by Crippen LogP contribution is -2.52. The molecule has 0 aliphatic carbocycles. The van der Waals surface area contributed by atoms with E-state index in [-0.39, 0.29) is 28.9 Å². The number of benzene rings is 3. The van der Waals surface area contributed by atoms with Gasteiger partial charge in [-0.1, -0.05) is 54.9 Å². The fourth-order valence-corrected chi connectivity index (χ4v) is 5.40. The monoisotopic (exact) mass is 586 g/mol. The normalized spacial score (nSPS) is 12.7. The van der Waals surface area contributed by atoms with Crippen LogP contribution in [0.25, 0.3) is 0 Å². The molecule has 0 aliphatic rings. The zero-order valence-electron chi connectivity index (χ0n) is 22.4. The largest absolute Gasteiger partial charge is 0.352 e. The summed E-state index contributed by atoms with van der Waals surface area (Å²) in [5.74, 6) is -1.07. The van der Waals surface area contributed by atoms with Crippen LogP contribution in [0.2, 0.25) is 5.02 Å². The average molecular weight is 587 g/mol. The van der Waals surface area contributed by atoms with Crippen molar-refractivity contribution in [2.75, 3.05) is 10.8 Å². The summed E-state index contributed by atoms with van der Waals surface area (Å²) in [6, 6.07) is 18.1. The Balaban J connectivity index is 2.05. The Kier molecular flexibility index (Phi) is 10.2. The molecular formula is C28H31ClN4O6S. The molecule has 2 amide bonds. The molecule has 3 rings (SSSR count). The van der Waals surface area contributed by atoms with E-state index in [1.54, 1.807) is 37.3 Å². The first kappa shape index (κ1) is 30.6. The third kappa shape index (κ3) is 7.57. The molecule has 0 spiro atoms. The Hall–Kier alpha value is -3.96. The molecule has 10 nitrogen and oxygen atoms in total. The molecule has 2 unspecified atom stereocenters. The van der Waals surface area contributed by atoms with Crippen molar-refractivity contribution in [2.45, 2.75) is 50.7 Å². The van der Waals surface area contributed by atoms with E-state index in [0.29, 0.717) is 17.0 Å². The summed E-state index contributed by atoms with van der Waals surface area (Å²) < 4.78 is 28.3. The van der Waals surface area contributed by atoms with Crippen LogP contribution in [0.3, 0.4) is 0 Å². The topological polar surface area (TPSA) is 130 Å². The average Bonchev–Trinajstić information content (AvgIpc) is 2.95. The van der Waals surface area contributed by atoms with Gasteiger partial charge in [0.2, 0.25) is 11.8 Å². The quantitative estimate of drug-likeness (QED) is 0.240. The third-order valence-electron chi connectivity index (χ3n) is 6.37. The van der Waals surface area contributed by atoms with Crippen molar-refractivity contribution in [1.29, 1.82) is 0 Å². The van der Waals surface area contributed by atoms with Crippen molar-refractivity contribution in [3.05, 3.63) is 99.6 Å². The van der Waals surface area contributed by atoms with Crippen LogP contribution in [0.4, 0.5) is 11.4 Å². The van der Waals surface area contributed by atoms with E-state index in [9.17, 15) is 28.1 Å². The lowest BCUT2D eigenvalue weighted by atomic mass is 10.1. The number of non-ortho nitro benzene ring substituents is 1. The summed E-state index contributed by atoms with van der Waals surface area (Å²) in [5.41, 5.74) is 0.279. The van der Waals surface area contributed by atoms with Gasteiger partial charge in [-0.05, 0) is 56.2 Å². The number of sulfonamides is 1. The second kappa shape index (κ2) is 13.4. The summed E-state index contributed by atoms with van der Waals surface area (Å²) in [6.07, 6.45) is 0.680. The molecule has 0 saturated carbocycles. The minimum absolute atomic E-state index is 0.000737. The van der Waals surface area contributed by atoms with E-state index in [4.69, 9.17) is 11.6 Å². The van der Waals surface area contributed by atoms with Crippen LogP contribution in [0.15, 0.2) is 83.8 Å². The zero-order chi connectivity index (χ0) is 29.4. The van der Waals surface area contributed by atoms with Gasteiger partial charge in [0.25, 0.3) is 15.7 Å². The Labute approximate surface area is 238 Å². The van der Waals surface area contributed by atoms with Crippen LogP contribution in [0.5, 0.6) is 0 Å². The summed E-state index contributed by atoms with van der Waals surface area (Å²) >= 11 is 6.01. The van der Waals surface area contributed by atoms with Crippen LogP contribution in [0.1, 0.15) is 32.8 Å². The molecule has 212 valence electrons. The van der Waals surface area contributed by atoms with Crippen LogP contribution >= 0.6 is 11.6 Å². The first-order valence-electron chi connectivity index (χ1n) is 12.6. The molecule has 2 atom stereocenters. The van der Waals surface area contributed by atoms with Crippen molar-refractivity contribution >= 4 is 44.8 Å². The molecule has 0 aliphatic heterocycles. The molecule has 1 N–H and O–H groups in total. The number of hydrogen-bond donors (Lipinski definition) is 1. The summed E-state index contributed by atoms with van der Waals surface area (Å²) in [7, 11) is -4.33. The maximum absolute atomic E-state index is 13.9. The second-order valence-corrected chi connectivity index (χ2v) is 11.5. The van der Waals surface area contributed by atoms with E-state index in [1.165, 1.54) is 47.4 Å². The molecule has 3 aromatic rings. The SMILES string of the molecule is CCC(C)NC(=O)C(C)N(Cc1ccc(Cl)cc1)C(=O)CN(c1cccc([N+](=O)[O-])c1)S(=O)(=O)c1ccccc1. The molecule has 0 saturated heterocycles. The van der Waals surface area contributed by atoms with E-state index < -0.39 is 39.3 Å². The number of nitro benzene ring substituents is 1. The van der Waals surface area contributed by atoms with Crippen molar-refractivity contribution in [2.24, 2.45) is 0 Å². The Bertz CT molecular complexity index is 1450. The molecule has 12 heteroatoms. The second-order valence-electron chi connectivity index (χ2n) is 9.24. The molecular weight excluding hydrogens is 556 g/mol. The predicted molar refractivity (Wildman–Crippen MR) is 153 cm³/mol. The van der Waals surface area contributed by atoms with Crippen LogP contribution in [-0.2, 0) is 26.2 Å². The molecule has 0 bridgehead atoms. The van der Waals surface area contributed by atoms with Crippen molar-refractivity contribution in [3.63, 3.8) is 0 Å². The van der Waals surface area contributed by atoms with E-state index in [0.717, 1.165) is 10.4 Å². The van der Waals surface area contributed by atoms with Gasteiger partial charge in [-0.2, -0.15) is 0 Å². The standard InChI is InChI=1S/C28H31ClN4O6S/c1-4-20(2)30-28(35)21(3)31(18-22-13-15-23(29)16-14-22)27(34)19-32(24-9-8-10-25(17-24)33(36)37)40(38,39)26-11-6-5-7-12-26/h5-17,20-21H,4,18-19H2,1-3H3,(H,30,35). The predicted octanol–water partition coefficient (Wildman–Crippen LogP) is 4.78. The van der Waals surface area contributed by atoms with Gasteiger partial charge in [-0.25, -0.2) is 8.42 Å². The first-order valence-corrected chi connectivity index (χ1v) is 14.4. The smallest absolute Gasteiger partial charge is 0.271 e. The van der Waals surface area contributed by atoms with E-state index >= 15 is 0 Å². The van der Waals surface area contributed by atoms with Gasteiger partial charge in [0.15, 0.2) is 0 Å². The highest BCUT2D eigenvalue weighted by atomic mass is 35.5. The van der Waals surface area contributed by atoms with E-state index in [2.05, 4.69) is 5.32 Å². The highest BCUT2D eigenvalue weighted by Crippen LogP contribution is 2.27. The van der Waals surface area contributed by atoms with E-state index in [1.807, 2.05) is 13.8 Å². The number of nitro groups is 1.